The maximum absolute atomic E-state index is 13.2. The fourth-order valence-corrected chi connectivity index (χ4v) is 4.61. The first-order chi connectivity index (χ1) is 15.4. The summed E-state index contributed by atoms with van der Waals surface area (Å²) in [4.78, 5) is 27.4. The highest BCUT2D eigenvalue weighted by atomic mass is 16.3. The molecular formula is C25H28N4O3. The number of benzene rings is 1. The molecule has 2 aliphatic rings. The van der Waals surface area contributed by atoms with Gasteiger partial charge in [-0.3, -0.25) is 9.78 Å². The van der Waals surface area contributed by atoms with E-state index in [9.17, 15) is 15.0 Å². The van der Waals surface area contributed by atoms with Crippen molar-refractivity contribution in [3.63, 3.8) is 0 Å². The Kier molecular flexibility index (Phi) is 5.10. The summed E-state index contributed by atoms with van der Waals surface area (Å²) in [5, 5.41) is 20.2. The molecule has 1 aromatic carbocycles. The quantitative estimate of drug-likeness (QED) is 0.553. The molecule has 7 nitrogen and oxygen atoms in total. The minimum absolute atomic E-state index is 0.0506. The van der Waals surface area contributed by atoms with Crippen molar-refractivity contribution in [2.75, 3.05) is 6.61 Å². The number of imidazole rings is 1. The SMILES string of the molecule is Cc1nc(-c2cc(-c3cc4c(c(C(O)CO)c3)C(=O)N([C@@H](C)C3CC3)C4)ccn2)[nH]c1C. The number of amides is 1. The van der Waals surface area contributed by atoms with Crippen molar-refractivity contribution >= 4 is 5.91 Å². The number of fused-ring (bicyclic) bond motifs is 1. The van der Waals surface area contributed by atoms with Crippen molar-refractivity contribution in [1.29, 1.82) is 0 Å². The molecule has 3 heterocycles. The van der Waals surface area contributed by atoms with Gasteiger partial charge in [-0.05, 0) is 86.1 Å². The standard InChI is InChI=1S/C25H28N4O3/c1-13-14(2)28-24(27-13)21-10-17(6-7-26-21)18-8-19-11-29(15(3)16-4-5-16)25(32)23(19)20(9-18)22(31)12-30/h6-10,15-16,22,30-31H,4-5,11-12H2,1-3H3,(H,27,28)/t15-,22?/m0/s1. The topological polar surface area (TPSA) is 102 Å². The number of hydrogen-bond donors (Lipinski definition) is 3. The first-order valence-electron chi connectivity index (χ1n) is 11.1. The summed E-state index contributed by atoms with van der Waals surface area (Å²) >= 11 is 0. The zero-order chi connectivity index (χ0) is 22.6. The summed E-state index contributed by atoms with van der Waals surface area (Å²) < 4.78 is 0. The van der Waals surface area contributed by atoms with Crippen LogP contribution < -0.4 is 0 Å². The normalized spacial score (nSPS) is 17.5. The lowest BCUT2D eigenvalue weighted by Crippen LogP contribution is -2.35. The first kappa shape index (κ1) is 20.8. The third kappa shape index (κ3) is 3.51. The number of carbonyl (C=O) groups excluding carboxylic acids is 1. The van der Waals surface area contributed by atoms with Crippen LogP contribution in [0.3, 0.4) is 0 Å². The van der Waals surface area contributed by atoms with Crippen LogP contribution in [-0.4, -0.2) is 48.6 Å². The predicted octanol–water partition coefficient (Wildman–Crippen LogP) is 3.54. The maximum atomic E-state index is 13.2. The predicted molar refractivity (Wildman–Crippen MR) is 121 cm³/mol. The molecule has 1 amide bonds. The van der Waals surface area contributed by atoms with Crippen molar-refractivity contribution in [2.24, 2.45) is 5.92 Å². The van der Waals surface area contributed by atoms with Gasteiger partial charge in [-0.15, -0.1) is 0 Å². The van der Waals surface area contributed by atoms with Crippen molar-refractivity contribution in [1.82, 2.24) is 19.9 Å². The second-order valence-electron chi connectivity index (χ2n) is 9.03. The first-order valence-corrected chi connectivity index (χ1v) is 11.1. The molecule has 0 radical (unpaired) electrons. The maximum Gasteiger partial charge on any atom is 0.255 e. The molecule has 0 spiro atoms. The molecule has 1 aliphatic heterocycles. The van der Waals surface area contributed by atoms with Gasteiger partial charge in [-0.2, -0.15) is 0 Å². The Labute approximate surface area is 187 Å². The fourth-order valence-electron chi connectivity index (χ4n) is 4.61. The van der Waals surface area contributed by atoms with Crippen molar-refractivity contribution in [2.45, 2.75) is 52.3 Å². The van der Waals surface area contributed by atoms with E-state index in [4.69, 9.17) is 0 Å². The Balaban J connectivity index is 1.57. The Morgan fingerprint density at radius 2 is 2.00 bits per heavy atom. The van der Waals surface area contributed by atoms with Crippen molar-refractivity contribution in [3.8, 4) is 22.6 Å². The molecular weight excluding hydrogens is 404 g/mol. The van der Waals surface area contributed by atoms with Crippen LogP contribution in [0.5, 0.6) is 0 Å². The Morgan fingerprint density at radius 3 is 2.66 bits per heavy atom. The molecule has 2 aromatic heterocycles. The Hall–Kier alpha value is -3.03. The van der Waals surface area contributed by atoms with E-state index in [1.807, 2.05) is 43.0 Å². The van der Waals surface area contributed by atoms with Crippen LogP contribution in [0, 0.1) is 19.8 Å². The average Bonchev–Trinajstić information content (AvgIpc) is 3.53. The van der Waals surface area contributed by atoms with Gasteiger partial charge in [0.05, 0.1) is 17.9 Å². The number of aliphatic hydroxyl groups is 2. The van der Waals surface area contributed by atoms with Crippen molar-refractivity contribution < 1.29 is 15.0 Å². The monoisotopic (exact) mass is 432 g/mol. The zero-order valence-electron chi connectivity index (χ0n) is 18.6. The lowest BCUT2D eigenvalue weighted by atomic mass is 9.93. The summed E-state index contributed by atoms with van der Waals surface area (Å²) in [5.74, 6) is 1.21. The van der Waals surface area contributed by atoms with Gasteiger partial charge in [0.1, 0.15) is 11.8 Å². The molecule has 2 atom stereocenters. The average molecular weight is 433 g/mol. The Bertz CT molecular complexity index is 1180. The molecule has 1 aliphatic carbocycles. The van der Waals surface area contributed by atoms with E-state index in [0.717, 1.165) is 46.6 Å². The van der Waals surface area contributed by atoms with Gasteiger partial charge in [0.2, 0.25) is 0 Å². The van der Waals surface area contributed by atoms with E-state index in [1.54, 1.807) is 6.20 Å². The summed E-state index contributed by atoms with van der Waals surface area (Å²) in [6.45, 7) is 6.12. The number of aryl methyl sites for hydroxylation is 2. The van der Waals surface area contributed by atoms with Crippen LogP contribution in [-0.2, 0) is 6.54 Å². The number of hydrogen-bond acceptors (Lipinski definition) is 5. The highest BCUT2D eigenvalue weighted by molar-refractivity contribution is 6.01. The number of carbonyl (C=O) groups is 1. The minimum atomic E-state index is -1.11. The number of H-pyrrole nitrogens is 1. The van der Waals surface area contributed by atoms with Gasteiger partial charge in [-0.25, -0.2) is 4.98 Å². The van der Waals surface area contributed by atoms with Crippen LogP contribution >= 0.6 is 0 Å². The summed E-state index contributed by atoms with van der Waals surface area (Å²) in [6.07, 6.45) is 2.94. The largest absolute Gasteiger partial charge is 0.393 e. The number of aromatic amines is 1. The van der Waals surface area contributed by atoms with Gasteiger partial charge >= 0.3 is 0 Å². The molecule has 3 aromatic rings. The highest BCUT2D eigenvalue weighted by Crippen LogP contribution is 2.41. The second-order valence-corrected chi connectivity index (χ2v) is 9.03. The van der Waals surface area contributed by atoms with E-state index in [1.165, 1.54) is 0 Å². The molecule has 32 heavy (non-hydrogen) atoms. The van der Waals surface area contributed by atoms with Crippen LogP contribution in [0.15, 0.2) is 30.5 Å². The summed E-state index contributed by atoms with van der Waals surface area (Å²) in [6, 6.07) is 7.88. The third-order valence-electron chi connectivity index (χ3n) is 6.86. The van der Waals surface area contributed by atoms with E-state index < -0.39 is 12.7 Å². The van der Waals surface area contributed by atoms with Crippen LogP contribution in [0.25, 0.3) is 22.6 Å². The zero-order valence-corrected chi connectivity index (χ0v) is 18.6. The summed E-state index contributed by atoms with van der Waals surface area (Å²) in [7, 11) is 0. The van der Waals surface area contributed by atoms with Gasteiger partial charge in [-0.1, -0.05) is 0 Å². The lowest BCUT2D eigenvalue weighted by molar-refractivity contribution is 0.0682. The number of aromatic nitrogens is 3. The van der Waals surface area contributed by atoms with E-state index in [2.05, 4.69) is 21.9 Å². The molecule has 0 saturated heterocycles. The molecule has 0 bridgehead atoms. The number of pyridine rings is 1. The second kappa shape index (κ2) is 7.83. The van der Waals surface area contributed by atoms with Gasteiger partial charge in [0.15, 0.2) is 5.82 Å². The molecule has 7 heteroatoms. The number of aliphatic hydroxyl groups excluding tert-OH is 2. The van der Waals surface area contributed by atoms with Gasteiger partial charge in [0, 0.05) is 24.5 Å². The molecule has 5 rings (SSSR count). The van der Waals surface area contributed by atoms with Crippen LogP contribution in [0.1, 0.15) is 58.7 Å². The molecule has 1 unspecified atom stereocenters. The van der Waals surface area contributed by atoms with Gasteiger partial charge in [0.25, 0.3) is 5.91 Å². The molecule has 1 saturated carbocycles. The smallest absolute Gasteiger partial charge is 0.255 e. The van der Waals surface area contributed by atoms with Crippen LogP contribution in [0.2, 0.25) is 0 Å². The fraction of sp³-hybridized carbons (Fsp3) is 0.400. The lowest BCUT2D eigenvalue weighted by Gasteiger charge is -2.24. The molecule has 3 N–H and O–H groups in total. The third-order valence-corrected chi connectivity index (χ3v) is 6.86. The molecule has 1 fully saturated rings. The highest BCUT2D eigenvalue weighted by Gasteiger charge is 2.40. The van der Waals surface area contributed by atoms with Crippen molar-refractivity contribution in [3.05, 3.63) is 58.5 Å². The van der Waals surface area contributed by atoms with E-state index in [-0.39, 0.29) is 11.9 Å². The minimum Gasteiger partial charge on any atom is -0.393 e. The number of rotatable bonds is 6. The summed E-state index contributed by atoms with van der Waals surface area (Å²) in [5.41, 5.74) is 6.37. The van der Waals surface area contributed by atoms with E-state index in [0.29, 0.717) is 29.4 Å². The number of nitrogens with zero attached hydrogens (tertiary/aromatic N) is 3. The van der Waals surface area contributed by atoms with Gasteiger partial charge < -0.3 is 20.1 Å². The van der Waals surface area contributed by atoms with E-state index >= 15 is 0 Å². The molecule has 166 valence electrons. The van der Waals surface area contributed by atoms with Crippen LogP contribution in [0.4, 0.5) is 0 Å². The Morgan fingerprint density at radius 1 is 1.22 bits per heavy atom. The number of nitrogens with one attached hydrogen (secondary N) is 1.